The number of rotatable bonds is 11. The molecule has 184 valence electrons. The topological polar surface area (TPSA) is 158 Å². The van der Waals surface area contributed by atoms with E-state index in [0.29, 0.717) is 41.2 Å². The van der Waals surface area contributed by atoms with Crippen molar-refractivity contribution in [3.05, 3.63) is 71.8 Å². The van der Waals surface area contributed by atoms with Crippen LogP contribution in [0.4, 0.5) is 11.4 Å². The van der Waals surface area contributed by atoms with Gasteiger partial charge in [0, 0.05) is 17.6 Å². The highest BCUT2D eigenvalue weighted by molar-refractivity contribution is 8.00. The number of amides is 2. The quantitative estimate of drug-likeness (QED) is 0.151. The summed E-state index contributed by atoms with van der Waals surface area (Å²) in [6, 6.07) is 11.7. The Morgan fingerprint density at radius 2 is 1.94 bits per heavy atom. The number of carboxylic acids is 1. The van der Waals surface area contributed by atoms with E-state index in [1.54, 1.807) is 36.5 Å². The average Bonchev–Trinajstić information content (AvgIpc) is 3.31. The highest BCUT2D eigenvalue weighted by Crippen LogP contribution is 2.28. The summed E-state index contributed by atoms with van der Waals surface area (Å²) in [6.07, 6.45) is 3.56. The summed E-state index contributed by atoms with van der Waals surface area (Å²) in [7, 11) is 0. The van der Waals surface area contributed by atoms with Crippen molar-refractivity contribution in [2.24, 2.45) is 0 Å². The Labute approximate surface area is 209 Å². The average molecular weight is 507 g/mol. The Kier molecular flexibility index (Phi) is 7.66. The van der Waals surface area contributed by atoms with E-state index in [0.717, 1.165) is 10.5 Å². The van der Waals surface area contributed by atoms with Gasteiger partial charge in [0.25, 0.3) is 5.91 Å². The van der Waals surface area contributed by atoms with E-state index < -0.39 is 11.9 Å². The van der Waals surface area contributed by atoms with Crippen LogP contribution in [-0.2, 0) is 11.3 Å². The summed E-state index contributed by atoms with van der Waals surface area (Å²) in [5, 5.41) is 14.4. The minimum Gasteiger partial charge on any atom is -0.492 e. The summed E-state index contributed by atoms with van der Waals surface area (Å²) in [6.45, 7) is 2.51. The van der Waals surface area contributed by atoms with E-state index in [1.807, 2.05) is 6.92 Å². The van der Waals surface area contributed by atoms with Crippen LogP contribution in [0.25, 0.3) is 11.0 Å². The van der Waals surface area contributed by atoms with Gasteiger partial charge in [0.15, 0.2) is 5.69 Å². The monoisotopic (exact) mass is 506 g/mol. The van der Waals surface area contributed by atoms with Gasteiger partial charge in [-0.05, 0) is 60.8 Å². The lowest BCUT2D eigenvalue weighted by atomic mass is 10.1. The van der Waals surface area contributed by atoms with E-state index in [2.05, 4.69) is 30.3 Å². The molecule has 0 saturated heterocycles. The van der Waals surface area contributed by atoms with Crippen LogP contribution >= 0.6 is 11.9 Å². The molecule has 0 bridgehead atoms. The number of hydrogen-bond acceptors (Lipinski definition) is 8. The van der Waals surface area contributed by atoms with E-state index in [-0.39, 0.29) is 17.8 Å². The predicted molar refractivity (Wildman–Crippen MR) is 135 cm³/mol. The Bertz CT molecular complexity index is 1410. The normalized spacial score (nSPS) is 10.6. The molecule has 2 aromatic heterocycles. The SMILES string of the molecule is CCOc1ccc(CNC(=O)c2ncnc3c(NSc4ccc(C(=O)O)cc4)c[nH]c23)cc1NC=O. The largest absolute Gasteiger partial charge is 0.492 e. The molecule has 0 aliphatic heterocycles. The van der Waals surface area contributed by atoms with Gasteiger partial charge in [0.05, 0.1) is 29.1 Å². The summed E-state index contributed by atoms with van der Waals surface area (Å²) >= 11 is 1.28. The predicted octanol–water partition coefficient (Wildman–Crippen LogP) is 3.67. The number of hydrogen-bond donors (Lipinski definition) is 5. The summed E-state index contributed by atoms with van der Waals surface area (Å²) in [5.41, 5.74) is 3.30. The van der Waals surface area contributed by atoms with Crippen LogP contribution in [-0.4, -0.2) is 45.0 Å². The Morgan fingerprint density at radius 1 is 1.14 bits per heavy atom. The van der Waals surface area contributed by atoms with E-state index in [9.17, 15) is 14.4 Å². The van der Waals surface area contributed by atoms with Gasteiger partial charge in [-0.3, -0.25) is 9.59 Å². The van der Waals surface area contributed by atoms with E-state index in [1.165, 1.54) is 30.4 Å². The lowest BCUT2D eigenvalue weighted by molar-refractivity contribution is -0.105. The molecule has 0 spiro atoms. The lowest BCUT2D eigenvalue weighted by Crippen LogP contribution is -2.24. The second-order valence-corrected chi connectivity index (χ2v) is 8.27. The standard InChI is InChI=1S/C24H22N6O5S/c1-2-35-19-8-3-14(9-17(19)29-13-31)10-26-23(32)22-21-20(27-12-28-22)18(11-25-21)30-36-16-6-4-15(5-7-16)24(33)34/h3-9,11-13,25,30H,2,10H2,1H3,(H,26,32)(H,29,31)(H,33,34). The van der Waals surface area contributed by atoms with Crippen LogP contribution in [0.1, 0.15) is 33.3 Å². The molecule has 0 unspecified atom stereocenters. The van der Waals surface area contributed by atoms with Crippen LogP contribution in [0.15, 0.2) is 59.9 Å². The molecule has 0 aliphatic carbocycles. The first-order chi connectivity index (χ1) is 17.5. The number of aromatic carboxylic acids is 1. The molecule has 11 nitrogen and oxygen atoms in total. The van der Waals surface area contributed by atoms with Crippen molar-refractivity contribution in [1.29, 1.82) is 0 Å². The minimum absolute atomic E-state index is 0.182. The maximum Gasteiger partial charge on any atom is 0.335 e. The zero-order valence-corrected chi connectivity index (χ0v) is 19.9. The molecule has 4 rings (SSSR count). The number of aromatic nitrogens is 3. The van der Waals surface area contributed by atoms with Crippen molar-refractivity contribution in [2.75, 3.05) is 16.6 Å². The first kappa shape index (κ1) is 24.5. The highest BCUT2D eigenvalue weighted by Gasteiger charge is 2.17. The molecule has 0 fully saturated rings. The summed E-state index contributed by atoms with van der Waals surface area (Å²) in [4.78, 5) is 47.1. The number of nitrogens with zero attached hydrogens (tertiary/aromatic N) is 2. The van der Waals surface area contributed by atoms with Crippen LogP contribution in [0.5, 0.6) is 5.75 Å². The fourth-order valence-electron chi connectivity index (χ4n) is 3.38. The number of benzene rings is 2. The molecule has 12 heteroatoms. The number of anilines is 2. The van der Waals surface area contributed by atoms with Crippen molar-refractivity contribution in [2.45, 2.75) is 18.4 Å². The summed E-state index contributed by atoms with van der Waals surface area (Å²) in [5.74, 6) is -0.843. The van der Waals surface area contributed by atoms with Gasteiger partial charge in [-0.15, -0.1) is 0 Å². The van der Waals surface area contributed by atoms with Crippen LogP contribution in [0.3, 0.4) is 0 Å². The van der Waals surface area contributed by atoms with Crippen LogP contribution < -0.4 is 20.1 Å². The number of carboxylic acid groups (broad SMARTS) is 1. The lowest BCUT2D eigenvalue weighted by Gasteiger charge is -2.12. The highest BCUT2D eigenvalue weighted by atomic mass is 32.2. The number of nitrogens with one attached hydrogen (secondary N) is 4. The first-order valence-electron chi connectivity index (χ1n) is 10.8. The molecular formula is C24H22N6O5S. The fraction of sp³-hybridized carbons (Fsp3) is 0.125. The number of ether oxygens (including phenoxy) is 1. The zero-order valence-electron chi connectivity index (χ0n) is 19.1. The number of H-pyrrole nitrogens is 1. The van der Waals surface area contributed by atoms with Gasteiger partial charge in [-0.2, -0.15) is 0 Å². The van der Waals surface area contributed by atoms with Gasteiger partial charge < -0.3 is 30.2 Å². The fourth-order valence-corrected chi connectivity index (χ4v) is 4.04. The first-order valence-corrected chi connectivity index (χ1v) is 11.6. The van der Waals surface area contributed by atoms with Crippen LogP contribution in [0, 0.1) is 0 Å². The zero-order chi connectivity index (χ0) is 25.5. The third-order valence-corrected chi connectivity index (χ3v) is 5.90. The molecule has 0 aliphatic rings. The van der Waals surface area contributed by atoms with Crippen molar-refractivity contribution in [3.63, 3.8) is 0 Å². The Balaban J connectivity index is 1.45. The smallest absolute Gasteiger partial charge is 0.335 e. The van der Waals surface area contributed by atoms with Gasteiger partial charge in [0.1, 0.15) is 17.6 Å². The molecule has 0 saturated carbocycles. The van der Waals surface area contributed by atoms with Crippen molar-refractivity contribution in [1.82, 2.24) is 20.3 Å². The number of aromatic amines is 1. The minimum atomic E-state index is -0.987. The van der Waals surface area contributed by atoms with Gasteiger partial charge in [-0.1, -0.05) is 6.07 Å². The molecular weight excluding hydrogens is 484 g/mol. The number of carbonyl (C=O) groups excluding carboxylic acids is 2. The maximum absolute atomic E-state index is 12.9. The Hall–Kier alpha value is -4.58. The number of carbonyl (C=O) groups is 3. The molecule has 2 aromatic carbocycles. The number of fused-ring (bicyclic) bond motifs is 1. The van der Waals surface area contributed by atoms with E-state index in [4.69, 9.17) is 9.84 Å². The molecule has 36 heavy (non-hydrogen) atoms. The van der Waals surface area contributed by atoms with Gasteiger partial charge in [-0.25, -0.2) is 14.8 Å². The third kappa shape index (κ3) is 5.55. The van der Waals surface area contributed by atoms with Crippen LogP contribution in [0.2, 0.25) is 0 Å². The molecule has 2 amide bonds. The second-order valence-electron chi connectivity index (χ2n) is 7.39. The van der Waals surface area contributed by atoms with Crippen molar-refractivity contribution >= 4 is 52.6 Å². The molecule has 5 N–H and O–H groups in total. The van der Waals surface area contributed by atoms with Gasteiger partial charge >= 0.3 is 5.97 Å². The van der Waals surface area contributed by atoms with Crippen molar-refractivity contribution in [3.8, 4) is 5.75 Å². The molecule has 0 atom stereocenters. The second kappa shape index (κ2) is 11.2. The third-order valence-electron chi connectivity index (χ3n) is 5.07. The molecule has 2 heterocycles. The van der Waals surface area contributed by atoms with Gasteiger partial charge in [0.2, 0.25) is 6.41 Å². The molecule has 4 aromatic rings. The van der Waals surface area contributed by atoms with E-state index >= 15 is 0 Å². The summed E-state index contributed by atoms with van der Waals surface area (Å²) < 4.78 is 8.65. The Morgan fingerprint density at radius 3 is 2.67 bits per heavy atom. The maximum atomic E-state index is 12.9. The molecule has 0 radical (unpaired) electrons. The van der Waals surface area contributed by atoms with Crippen molar-refractivity contribution < 1.29 is 24.2 Å².